The van der Waals surface area contributed by atoms with E-state index >= 15 is 0 Å². The summed E-state index contributed by atoms with van der Waals surface area (Å²) in [6.07, 6.45) is 2.40. The van der Waals surface area contributed by atoms with Gasteiger partial charge < -0.3 is 5.32 Å². The van der Waals surface area contributed by atoms with Crippen LogP contribution in [0, 0.1) is 11.3 Å². The summed E-state index contributed by atoms with van der Waals surface area (Å²) in [7, 11) is 0. The van der Waals surface area contributed by atoms with Crippen molar-refractivity contribution in [3.05, 3.63) is 71.3 Å². The molecule has 0 aromatic heterocycles. The van der Waals surface area contributed by atoms with Crippen LogP contribution < -0.4 is 5.32 Å². The zero-order valence-electron chi connectivity index (χ0n) is 10.8. The number of benzene rings is 2. The van der Waals surface area contributed by atoms with Gasteiger partial charge in [-0.15, -0.1) is 0 Å². The average Bonchev–Trinajstić information content (AvgIpc) is 3.28. The molecule has 94 valence electrons. The number of nitrogens with one attached hydrogen (secondary N) is 1. The first-order valence-corrected chi connectivity index (χ1v) is 6.62. The zero-order chi connectivity index (χ0) is 13.1. The van der Waals surface area contributed by atoms with Crippen molar-refractivity contribution in [3.8, 4) is 6.07 Å². The molecule has 2 aromatic rings. The van der Waals surface area contributed by atoms with E-state index in [4.69, 9.17) is 5.26 Å². The Bertz CT molecular complexity index is 589. The summed E-state index contributed by atoms with van der Waals surface area (Å²) < 4.78 is 0. The lowest BCUT2D eigenvalue weighted by Gasteiger charge is -2.18. The molecule has 2 nitrogen and oxygen atoms in total. The summed E-state index contributed by atoms with van der Waals surface area (Å²) in [6.45, 7) is 0.848. The topological polar surface area (TPSA) is 35.8 Å². The Balaban J connectivity index is 1.68. The third-order valence-electron chi connectivity index (χ3n) is 3.79. The van der Waals surface area contributed by atoms with Gasteiger partial charge in [-0.2, -0.15) is 5.26 Å². The fourth-order valence-corrected chi connectivity index (χ4v) is 2.42. The van der Waals surface area contributed by atoms with Crippen LogP contribution in [0.1, 0.15) is 29.5 Å². The van der Waals surface area contributed by atoms with Gasteiger partial charge in [0.15, 0.2) is 0 Å². The second-order valence-corrected chi connectivity index (χ2v) is 5.11. The summed E-state index contributed by atoms with van der Waals surface area (Å²) in [5.41, 5.74) is 3.49. The monoisotopic (exact) mass is 248 g/mol. The third-order valence-corrected chi connectivity index (χ3v) is 3.79. The van der Waals surface area contributed by atoms with Crippen molar-refractivity contribution in [3.63, 3.8) is 0 Å². The van der Waals surface area contributed by atoms with Crippen molar-refractivity contribution in [2.24, 2.45) is 0 Å². The average molecular weight is 248 g/mol. The first-order chi connectivity index (χ1) is 9.32. The number of nitriles is 1. The summed E-state index contributed by atoms with van der Waals surface area (Å²) in [6, 6.07) is 20.6. The SMILES string of the molecule is N#Cc1ccc(CNC2(c3ccccc3)CC2)cc1. The first kappa shape index (κ1) is 12.0. The molecule has 0 spiro atoms. The number of hydrogen-bond acceptors (Lipinski definition) is 2. The van der Waals surface area contributed by atoms with E-state index in [-0.39, 0.29) is 5.54 Å². The number of rotatable bonds is 4. The standard InChI is InChI=1S/C17H16N2/c18-12-14-6-8-15(9-7-14)13-19-17(10-11-17)16-4-2-1-3-5-16/h1-9,19H,10-11,13H2. The molecule has 2 heteroatoms. The quantitative estimate of drug-likeness (QED) is 0.900. The molecule has 2 aromatic carbocycles. The van der Waals surface area contributed by atoms with Crippen LogP contribution >= 0.6 is 0 Å². The predicted octanol–water partition coefficient (Wildman–Crippen LogP) is 3.34. The highest BCUT2D eigenvalue weighted by atomic mass is 15.0. The van der Waals surface area contributed by atoms with Crippen LogP contribution in [-0.2, 0) is 12.1 Å². The maximum absolute atomic E-state index is 8.78. The molecular weight excluding hydrogens is 232 g/mol. The Morgan fingerprint density at radius 2 is 1.68 bits per heavy atom. The van der Waals surface area contributed by atoms with Gasteiger partial charge in [-0.25, -0.2) is 0 Å². The van der Waals surface area contributed by atoms with Crippen molar-refractivity contribution in [2.75, 3.05) is 0 Å². The fraction of sp³-hybridized carbons (Fsp3) is 0.235. The molecule has 1 aliphatic carbocycles. The Hall–Kier alpha value is -2.11. The molecule has 1 N–H and O–H groups in total. The molecule has 19 heavy (non-hydrogen) atoms. The van der Waals surface area contributed by atoms with Gasteiger partial charge in [0, 0.05) is 12.1 Å². The molecule has 0 amide bonds. The highest BCUT2D eigenvalue weighted by Crippen LogP contribution is 2.45. The highest BCUT2D eigenvalue weighted by molar-refractivity contribution is 5.33. The lowest BCUT2D eigenvalue weighted by Crippen LogP contribution is -2.28. The first-order valence-electron chi connectivity index (χ1n) is 6.62. The lowest BCUT2D eigenvalue weighted by molar-refractivity contribution is 0.519. The Labute approximate surface area is 113 Å². The molecule has 1 saturated carbocycles. The largest absolute Gasteiger partial charge is 0.303 e. The Morgan fingerprint density at radius 1 is 1.00 bits per heavy atom. The van der Waals surface area contributed by atoms with Crippen LogP contribution in [0.25, 0.3) is 0 Å². The van der Waals surface area contributed by atoms with Gasteiger partial charge in [-0.3, -0.25) is 0 Å². The summed E-state index contributed by atoms with van der Waals surface area (Å²) in [5, 5.41) is 12.4. The number of nitrogens with zero attached hydrogens (tertiary/aromatic N) is 1. The van der Waals surface area contributed by atoms with Crippen LogP contribution in [-0.4, -0.2) is 0 Å². The van der Waals surface area contributed by atoms with Crippen LogP contribution in [0.5, 0.6) is 0 Å². The molecule has 0 saturated heterocycles. The van der Waals surface area contributed by atoms with Gasteiger partial charge >= 0.3 is 0 Å². The molecule has 0 radical (unpaired) electrons. The van der Waals surface area contributed by atoms with E-state index in [9.17, 15) is 0 Å². The summed E-state index contributed by atoms with van der Waals surface area (Å²) in [5.74, 6) is 0. The van der Waals surface area contributed by atoms with Crippen molar-refractivity contribution in [1.82, 2.24) is 5.32 Å². The smallest absolute Gasteiger partial charge is 0.0991 e. The second-order valence-electron chi connectivity index (χ2n) is 5.11. The van der Waals surface area contributed by atoms with E-state index < -0.39 is 0 Å². The normalized spacial score (nSPS) is 15.7. The minimum absolute atomic E-state index is 0.176. The third kappa shape index (κ3) is 2.52. The van der Waals surface area contributed by atoms with Crippen LogP contribution in [0.4, 0.5) is 0 Å². The van der Waals surface area contributed by atoms with E-state index in [2.05, 4.69) is 41.7 Å². The van der Waals surface area contributed by atoms with E-state index in [1.54, 1.807) is 0 Å². The van der Waals surface area contributed by atoms with E-state index in [1.165, 1.54) is 24.0 Å². The zero-order valence-corrected chi connectivity index (χ0v) is 10.8. The van der Waals surface area contributed by atoms with Gasteiger partial charge in [0.25, 0.3) is 0 Å². The van der Waals surface area contributed by atoms with E-state index in [0.717, 1.165) is 6.54 Å². The van der Waals surface area contributed by atoms with Crippen molar-refractivity contribution < 1.29 is 0 Å². The molecule has 1 fully saturated rings. The molecule has 1 aliphatic rings. The Morgan fingerprint density at radius 3 is 2.26 bits per heavy atom. The molecule has 3 rings (SSSR count). The maximum Gasteiger partial charge on any atom is 0.0991 e. The minimum Gasteiger partial charge on any atom is -0.303 e. The number of hydrogen-bond donors (Lipinski definition) is 1. The molecule has 0 unspecified atom stereocenters. The van der Waals surface area contributed by atoms with Gasteiger partial charge in [0.2, 0.25) is 0 Å². The molecule has 0 aliphatic heterocycles. The fourth-order valence-electron chi connectivity index (χ4n) is 2.42. The lowest BCUT2D eigenvalue weighted by atomic mass is 10.0. The van der Waals surface area contributed by atoms with Gasteiger partial charge in [-0.05, 0) is 36.1 Å². The van der Waals surface area contributed by atoms with E-state index in [1.807, 2.05) is 24.3 Å². The summed E-state index contributed by atoms with van der Waals surface area (Å²) >= 11 is 0. The molecule has 0 atom stereocenters. The highest BCUT2D eigenvalue weighted by Gasteiger charge is 2.43. The van der Waals surface area contributed by atoms with Crippen molar-refractivity contribution in [2.45, 2.75) is 24.9 Å². The molecule has 0 heterocycles. The van der Waals surface area contributed by atoms with Crippen LogP contribution in [0.3, 0.4) is 0 Å². The van der Waals surface area contributed by atoms with Crippen LogP contribution in [0.2, 0.25) is 0 Å². The maximum atomic E-state index is 8.78. The van der Waals surface area contributed by atoms with Gasteiger partial charge in [0.1, 0.15) is 0 Å². The molecule has 0 bridgehead atoms. The van der Waals surface area contributed by atoms with Gasteiger partial charge in [-0.1, -0.05) is 42.5 Å². The van der Waals surface area contributed by atoms with E-state index in [0.29, 0.717) is 5.56 Å². The summed E-state index contributed by atoms with van der Waals surface area (Å²) in [4.78, 5) is 0. The second kappa shape index (κ2) is 4.87. The Kier molecular flexibility index (Phi) is 3.06. The van der Waals surface area contributed by atoms with Crippen molar-refractivity contribution >= 4 is 0 Å². The predicted molar refractivity (Wildman–Crippen MR) is 75.4 cm³/mol. The minimum atomic E-state index is 0.176. The molecular formula is C17H16N2. The van der Waals surface area contributed by atoms with Crippen molar-refractivity contribution in [1.29, 1.82) is 5.26 Å². The van der Waals surface area contributed by atoms with Gasteiger partial charge in [0.05, 0.1) is 11.6 Å². The van der Waals surface area contributed by atoms with Crippen LogP contribution in [0.15, 0.2) is 54.6 Å².